The summed E-state index contributed by atoms with van der Waals surface area (Å²) in [6, 6.07) is 15.2. The smallest absolute Gasteiger partial charge is 0.359 e. The first-order chi connectivity index (χ1) is 12.2. The number of rotatable bonds is 3. The summed E-state index contributed by atoms with van der Waals surface area (Å²) in [6.07, 6.45) is 0. The molecule has 0 saturated carbocycles. The topological polar surface area (TPSA) is 62.6 Å². The van der Waals surface area contributed by atoms with Crippen LogP contribution in [0.15, 0.2) is 53.0 Å². The Labute approximate surface area is 152 Å². The maximum atomic E-state index is 12.1. The van der Waals surface area contributed by atoms with Crippen LogP contribution in [0.3, 0.4) is 0 Å². The Morgan fingerprint density at radius 3 is 2.68 bits per heavy atom. The molecule has 0 saturated heterocycles. The van der Waals surface area contributed by atoms with Gasteiger partial charge in [0.05, 0.1) is 23.0 Å². The summed E-state index contributed by atoms with van der Waals surface area (Å²) in [6.45, 7) is 0.200. The van der Waals surface area contributed by atoms with Gasteiger partial charge in [-0.2, -0.15) is 5.10 Å². The van der Waals surface area contributed by atoms with Crippen molar-refractivity contribution in [3.8, 4) is 28.4 Å². The van der Waals surface area contributed by atoms with Crippen LogP contribution in [0, 0.1) is 0 Å². The second kappa shape index (κ2) is 6.25. The van der Waals surface area contributed by atoms with Crippen molar-refractivity contribution < 1.29 is 19.0 Å². The largest absolute Gasteiger partial charge is 0.464 e. The number of carbonyl (C=O) groups excluding carboxylic acids is 1. The zero-order valence-electron chi connectivity index (χ0n) is 13.2. The van der Waals surface area contributed by atoms with E-state index < -0.39 is 5.97 Å². The third kappa shape index (κ3) is 2.66. The summed E-state index contributed by atoms with van der Waals surface area (Å²) >= 11 is 3.50. The van der Waals surface area contributed by atoms with Crippen LogP contribution in [-0.4, -0.2) is 29.7 Å². The fourth-order valence-corrected chi connectivity index (χ4v) is 3.31. The number of hydrogen-bond acceptors (Lipinski definition) is 5. The molecule has 126 valence electrons. The summed E-state index contributed by atoms with van der Waals surface area (Å²) in [5.41, 5.74) is 2.59. The Balaban J connectivity index is 1.94. The Hall–Kier alpha value is -2.80. The van der Waals surface area contributed by atoms with Crippen molar-refractivity contribution in [1.29, 1.82) is 0 Å². The Kier molecular flexibility index (Phi) is 3.93. The molecular weight excluding hydrogens is 388 g/mol. The van der Waals surface area contributed by atoms with Gasteiger partial charge in [0.25, 0.3) is 0 Å². The van der Waals surface area contributed by atoms with Crippen LogP contribution in [0.5, 0.6) is 11.5 Å². The quantitative estimate of drug-likeness (QED) is 0.625. The average Bonchev–Trinajstić information content (AvgIpc) is 3.25. The average molecular weight is 401 g/mol. The van der Waals surface area contributed by atoms with Crippen molar-refractivity contribution in [3.63, 3.8) is 0 Å². The monoisotopic (exact) mass is 400 g/mol. The Morgan fingerprint density at radius 1 is 1.16 bits per heavy atom. The molecule has 0 N–H and O–H groups in total. The molecule has 2 heterocycles. The summed E-state index contributed by atoms with van der Waals surface area (Å²) in [4.78, 5) is 12.1. The maximum absolute atomic E-state index is 12.1. The number of carbonyl (C=O) groups is 1. The first kappa shape index (κ1) is 15.7. The maximum Gasteiger partial charge on any atom is 0.359 e. The number of nitrogens with zero attached hydrogens (tertiary/aromatic N) is 2. The zero-order chi connectivity index (χ0) is 17.4. The number of halogens is 1. The zero-order valence-corrected chi connectivity index (χ0v) is 14.8. The highest BCUT2D eigenvalue weighted by Gasteiger charge is 2.25. The lowest BCUT2D eigenvalue weighted by molar-refractivity contribution is 0.0592. The summed E-state index contributed by atoms with van der Waals surface area (Å²) in [7, 11) is 1.33. The van der Waals surface area contributed by atoms with Gasteiger partial charge in [0.2, 0.25) is 6.79 Å². The highest BCUT2D eigenvalue weighted by molar-refractivity contribution is 9.10. The molecule has 0 radical (unpaired) electrons. The van der Waals surface area contributed by atoms with Gasteiger partial charge >= 0.3 is 5.97 Å². The van der Waals surface area contributed by atoms with E-state index >= 15 is 0 Å². The van der Waals surface area contributed by atoms with Gasteiger partial charge < -0.3 is 14.2 Å². The second-order valence-electron chi connectivity index (χ2n) is 5.32. The SMILES string of the molecule is COC(=O)c1nn(-c2ccccc2)c(-c2ccc3c(c2)OCO3)c1Br. The number of fused-ring (bicyclic) bond motifs is 1. The summed E-state index contributed by atoms with van der Waals surface area (Å²) in [5.74, 6) is 0.840. The van der Waals surface area contributed by atoms with Crippen LogP contribution in [-0.2, 0) is 4.74 Å². The molecule has 0 unspecified atom stereocenters. The lowest BCUT2D eigenvalue weighted by Gasteiger charge is -2.09. The van der Waals surface area contributed by atoms with Gasteiger partial charge in [0, 0.05) is 5.56 Å². The van der Waals surface area contributed by atoms with Gasteiger partial charge in [-0.3, -0.25) is 0 Å². The van der Waals surface area contributed by atoms with E-state index in [0.29, 0.717) is 16.0 Å². The molecule has 0 spiro atoms. The van der Waals surface area contributed by atoms with Crippen LogP contribution in [0.1, 0.15) is 10.5 Å². The van der Waals surface area contributed by atoms with Gasteiger partial charge in [0.1, 0.15) is 0 Å². The molecular formula is C18H13BrN2O4. The lowest BCUT2D eigenvalue weighted by Crippen LogP contribution is -2.04. The standard InChI is InChI=1S/C18H13BrN2O4/c1-23-18(22)16-15(19)17(21(20-16)12-5-3-2-4-6-12)11-7-8-13-14(9-11)25-10-24-13/h2-9H,10H2,1H3. The molecule has 25 heavy (non-hydrogen) atoms. The highest BCUT2D eigenvalue weighted by Crippen LogP contribution is 2.39. The molecule has 0 bridgehead atoms. The number of esters is 1. The third-order valence-corrected chi connectivity index (χ3v) is 4.60. The van der Waals surface area contributed by atoms with Crippen molar-refractivity contribution >= 4 is 21.9 Å². The van der Waals surface area contributed by atoms with Gasteiger partial charge in [-0.25, -0.2) is 9.48 Å². The summed E-state index contributed by atoms with van der Waals surface area (Å²) in [5, 5.41) is 4.44. The minimum absolute atomic E-state index is 0.200. The predicted molar refractivity (Wildman–Crippen MR) is 94.2 cm³/mol. The van der Waals surface area contributed by atoms with Crippen molar-refractivity contribution in [1.82, 2.24) is 9.78 Å². The minimum atomic E-state index is -0.511. The van der Waals surface area contributed by atoms with E-state index in [2.05, 4.69) is 21.0 Å². The minimum Gasteiger partial charge on any atom is -0.464 e. The second-order valence-corrected chi connectivity index (χ2v) is 6.11. The van der Waals surface area contributed by atoms with E-state index in [1.807, 2.05) is 48.5 Å². The fourth-order valence-electron chi connectivity index (χ4n) is 2.68. The number of methoxy groups -OCH3 is 1. The van der Waals surface area contributed by atoms with E-state index in [1.165, 1.54) is 7.11 Å². The molecule has 1 aliphatic heterocycles. The van der Waals surface area contributed by atoms with E-state index in [1.54, 1.807) is 4.68 Å². The number of hydrogen-bond donors (Lipinski definition) is 0. The molecule has 0 fully saturated rings. The van der Waals surface area contributed by atoms with E-state index in [-0.39, 0.29) is 12.5 Å². The number of para-hydroxylation sites is 1. The van der Waals surface area contributed by atoms with E-state index in [0.717, 1.165) is 16.9 Å². The molecule has 2 aromatic carbocycles. The van der Waals surface area contributed by atoms with Crippen molar-refractivity contribution in [2.75, 3.05) is 13.9 Å². The highest BCUT2D eigenvalue weighted by atomic mass is 79.9. The molecule has 7 heteroatoms. The predicted octanol–water partition coefficient (Wildman–Crippen LogP) is 3.82. The number of ether oxygens (including phenoxy) is 3. The molecule has 6 nitrogen and oxygen atoms in total. The number of benzene rings is 2. The van der Waals surface area contributed by atoms with Crippen LogP contribution >= 0.6 is 15.9 Å². The van der Waals surface area contributed by atoms with Gasteiger partial charge in [0.15, 0.2) is 17.2 Å². The van der Waals surface area contributed by atoms with Crippen molar-refractivity contribution in [2.24, 2.45) is 0 Å². The van der Waals surface area contributed by atoms with Gasteiger partial charge in [-0.1, -0.05) is 18.2 Å². The van der Waals surface area contributed by atoms with Crippen LogP contribution in [0.4, 0.5) is 0 Å². The van der Waals surface area contributed by atoms with Crippen LogP contribution in [0.25, 0.3) is 16.9 Å². The number of aromatic nitrogens is 2. The first-order valence-electron chi connectivity index (χ1n) is 7.51. The molecule has 0 atom stereocenters. The van der Waals surface area contributed by atoms with E-state index in [4.69, 9.17) is 14.2 Å². The molecule has 0 aliphatic carbocycles. The third-order valence-electron chi connectivity index (χ3n) is 3.85. The van der Waals surface area contributed by atoms with Crippen molar-refractivity contribution in [2.45, 2.75) is 0 Å². The first-order valence-corrected chi connectivity index (χ1v) is 8.30. The lowest BCUT2D eigenvalue weighted by atomic mass is 10.1. The van der Waals surface area contributed by atoms with Gasteiger partial charge in [-0.15, -0.1) is 0 Å². The summed E-state index contributed by atoms with van der Waals surface area (Å²) < 4.78 is 17.9. The molecule has 1 aromatic heterocycles. The van der Waals surface area contributed by atoms with E-state index in [9.17, 15) is 4.79 Å². The van der Waals surface area contributed by atoms with Crippen LogP contribution < -0.4 is 9.47 Å². The van der Waals surface area contributed by atoms with Crippen molar-refractivity contribution in [3.05, 3.63) is 58.7 Å². The van der Waals surface area contributed by atoms with Crippen LogP contribution in [0.2, 0.25) is 0 Å². The molecule has 4 rings (SSSR count). The Morgan fingerprint density at radius 2 is 1.92 bits per heavy atom. The Bertz CT molecular complexity index is 953. The van der Waals surface area contributed by atoms with Gasteiger partial charge in [-0.05, 0) is 46.3 Å². The molecule has 3 aromatic rings. The normalized spacial score (nSPS) is 12.2. The fraction of sp³-hybridized carbons (Fsp3) is 0.111. The molecule has 1 aliphatic rings. The molecule has 0 amide bonds.